The van der Waals surface area contributed by atoms with Gasteiger partial charge in [-0.1, -0.05) is 18.2 Å². The minimum Gasteiger partial charge on any atom is -0.385 e. The number of methoxy groups -OCH3 is 1. The van der Waals surface area contributed by atoms with Gasteiger partial charge in [-0.2, -0.15) is 0 Å². The average Bonchev–Trinajstić information content (AvgIpc) is 2.41. The third-order valence-electron chi connectivity index (χ3n) is 3.03. The normalized spacial score (nSPS) is 10.5. The van der Waals surface area contributed by atoms with E-state index < -0.39 is 0 Å². The predicted molar refractivity (Wildman–Crippen MR) is 78.3 cm³/mol. The van der Waals surface area contributed by atoms with Crippen LogP contribution in [0, 0.1) is 6.92 Å². The Balaban J connectivity index is 2.76. The smallest absolute Gasteiger partial charge is 0.227 e. The van der Waals surface area contributed by atoms with Gasteiger partial charge in [0.15, 0.2) is 0 Å². The summed E-state index contributed by atoms with van der Waals surface area (Å²) in [6, 6.07) is 7.95. The van der Waals surface area contributed by atoms with Crippen LogP contribution in [-0.2, 0) is 9.53 Å². The second-order valence-electron chi connectivity index (χ2n) is 4.57. The van der Waals surface area contributed by atoms with Crippen LogP contribution in [0.3, 0.4) is 0 Å². The lowest BCUT2D eigenvalue weighted by Crippen LogP contribution is -2.33. The lowest BCUT2D eigenvalue weighted by molar-refractivity contribution is -0.118. The zero-order valence-corrected chi connectivity index (χ0v) is 11.9. The fourth-order valence-electron chi connectivity index (χ4n) is 2.00. The van der Waals surface area contributed by atoms with Gasteiger partial charge in [-0.15, -0.1) is 0 Å². The molecular formula is C15H24N2O2. The van der Waals surface area contributed by atoms with Gasteiger partial charge in [0.05, 0.1) is 0 Å². The van der Waals surface area contributed by atoms with Crippen LogP contribution >= 0.6 is 0 Å². The molecule has 0 unspecified atom stereocenters. The number of benzene rings is 1. The van der Waals surface area contributed by atoms with Crippen molar-refractivity contribution >= 4 is 11.6 Å². The first-order valence-corrected chi connectivity index (χ1v) is 6.75. The summed E-state index contributed by atoms with van der Waals surface area (Å²) in [6.45, 7) is 3.90. The van der Waals surface area contributed by atoms with Crippen molar-refractivity contribution in [1.82, 2.24) is 0 Å². The van der Waals surface area contributed by atoms with Gasteiger partial charge in [-0.25, -0.2) is 0 Å². The number of carbonyl (C=O) groups excluding carboxylic acids is 1. The van der Waals surface area contributed by atoms with E-state index in [1.165, 1.54) is 0 Å². The third-order valence-corrected chi connectivity index (χ3v) is 3.03. The molecular weight excluding hydrogens is 240 g/mol. The Labute approximate surface area is 115 Å². The maximum Gasteiger partial charge on any atom is 0.227 e. The van der Waals surface area contributed by atoms with Crippen LogP contribution in [0.15, 0.2) is 24.3 Å². The summed E-state index contributed by atoms with van der Waals surface area (Å²) in [5, 5.41) is 0. The second kappa shape index (κ2) is 8.67. The van der Waals surface area contributed by atoms with Gasteiger partial charge in [0, 0.05) is 32.4 Å². The maximum absolute atomic E-state index is 12.3. The quantitative estimate of drug-likeness (QED) is 0.732. The Kier molecular flexibility index (Phi) is 7.15. The molecule has 0 saturated carbocycles. The Bertz CT molecular complexity index is 393. The molecule has 106 valence electrons. The first kappa shape index (κ1) is 15.7. The molecule has 0 bridgehead atoms. The molecule has 0 heterocycles. The number of hydrogen-bond donors (Lipinski definition) is 1. The Hall–Kier alpha value is -1.39. The van der Waals surface area contributed by atoms with Gasteiger partial charge in [0.2, 0.25) is 5.91 Å². The van der Waals surface area contributed by atoms with Crippen LogP contribution in [0.25, 0.3) is 0 Å². The molecule has 19 heavy (non-hydrogen) atoms. The molecule has 0 aliphatic heterocycles. The molecule has 0 radical (unpaired) electrons. The number of rotatable bonds is 8. The summed E-state index contributed by atoms with van der Waals surface area (Å²) in [4.78, 5) is 14.2. The van der Waals surface area contributed by atoms with Crippen molar-refractivity contribution in [2.45, 2.75) is 26.2 Å². The molecule has 0 aliphatic carbocycles. The third kappa shape index (κ3) is 5.01. The Morgan fingerprint density at radius 1 is 1.32 bits per heavy atom. The number of para-hydroxylation sites is 1. The molecule has 1 rings (SSSR count). The largest absolute Gasteiger partial charge is 0.385 e. The lowest BCUT2D eigenvalue weighted by atomic mass is 10.1. The highest BCUT2D eigenvalue weighted by molar-refractivity contribution is 5.94. The number of nitrogens with two attached hydrogens (primary N) is 1. The van der Waals surface area contributed by atoms with Gasteiger partial charge in [-0.05, 0) is 37.9 Å². The topological polar surface area (TPSA) is 55.6 Å². The fraction of sp³-hybridized carbons (Fsp3) is 0.533. The molecule has 0 aromatic heterocycles. The molecule has 0 saturated heterocycles. The van der Waals surface area contributed by atoms with E-state index in [4.69, 9.17) is 10.5 Å². The summed E-state index contributed by atoms with van der Waals surface area (Å²) in [5.41, 5.74) is 7.65. The zero-order valence-electron chi connectivity index (χ0n) is 11.9. The van der Waals surface area contributed by atoms with E-state index in [0.717, 1.165) is 24.1 Å². The van der Waals surface area contributed by atoms with Crippen LogP contribution in [0.5, 0.6) is 0 Å². The van der Waals surface area contributed by atoms with Crippen molar-refractivity contribution in [3.63, 3.8) is 0 Å². The molecule has 1 aromatic rings. The van der Waals surface area contributed by atoms with Crippen molar-refractivity contribution in [2.24, 2.45) is 5.73 Å². The Morgan fingerprint density at radius 2 is 2.05 bits per heavy atom. The number of amides is 1. The maximum atomic E-state index is 12.3. The van der Waals surface area contributed by atoms with Crippen LogP contribution in [0.4, 0.5) is 5.69 Å². The molecule has 2 N–H and O–H groups in total. The molecule has 4 heteroatoms. The molecule has 1 aromatic carbocycles. The van der Waals surface area contributed by atoms with E-state index in [1.54, 1.807) is 7.11 Å². The summed E-state index contributed by atoms with van der Waals surface area (Å²) < 4.78 is 4.99. The number of carbonyl (C=O) groups is 1. The van der Waals surface area contributed by atoms with E-state index >= 15 is 0 Å². The van der Waals surface area contributed by atoms with Crippen LogP contribution < -0.4 is 10.6 Å². The van der Waals surface area contributed by atoms with Crippen LogP contribution in [0.2, 0.25) is 0 Å². The zero-order chi connectivity index (χ0) is 14.1. The van der Waals surface area contributed by atoms with E-state index in [2.05, 4.69) is 0 Å². The van der Waals surface area contributed by atoms with Gasteiger partial charge >= 0.3 is 0 Å². The fourth-order valence-corrected chi connectivity index (χ4v) is 2.00. The number of anilines is 1. The van der Waals surface area contributed by atoms with Gasteiger partial charge in [0.25, 0.3) is 0 Å². The first-order chi connectivity index (χ1) is 9.20. The minimum atomic E-state index is 0.139. The number of ether oxygens (including phenoxy) is 1. The molecule has 0 fully saturated rings. The standard InChI is InChI=1S/C15H24N2O2/c1-13-7-3-4-8-14(13)17(11-6-10-16)15(18)9-5-12-19-2/h3-4,7-8H,5-6,9-12,16H2,1-2H3. The van der Waals surface area contributed by atoms with E-state index in [1.807, 2.05) is 36.1 Å². The van der Waals surface area contributed by atoms with Gasteiger partial charge < -0.3 is 15.4 Å². The van der Waals surface area contributed by atoms with Crippen molar-refractivity contribution < 1.29 is 9.53 Å². The summed E-state index contributed by atoms with van der Waals surface area (Å²) in [5.74, 6) is 0.139. The predicted octanol–water partition coefficient (Wildman–Crippen LogP) is 2.10. The summed E-state index contributed by atoms with van der Waals surface area (Å²) in [6.07, 6.45) is 2.07. The Morgan fingerprint density at radius 3 is 2.68 bits per heavy atom. The number of nitrogens with zero attached hydrogens (tertiary/aromatic N) is 1. The number of hydrogen-bond acceptors (Lipinski definition) is 3. The highest BCUT2D eigenvalue weighted by atomic mass is 16.5. The van der Waals surface area contributed by atoms with Crippen molar-refractivity contribution in [3.8, 4) is 0 Å². The van der Waals surface area contributed by atoms with Gasteiger partial charge in [0.1, 0.15) is 0 Å². The van der Waals surface area contributed by atoms with Crippen molar-refractivity contribution in [2.75, 3.05) is 31.7 Å². The van der Waals surface area contributed by atoms with Crippen molar-refractivity contribution in [3.05, 3.63) is 29.8 Å². The summed E-state index contributed by atoms with van der Waals surface area (Å²) >= 11 is 0. The highest BCUT2D eigenvalue weighted by Gasteiger charge is 2.16. The second-order valence-corrected chi connectivity index (χ2v) is 4.57. The number of aryl methyl sites for hydroxylation is 1. The highest BCUT2D eigenvalue weighted by Crippen LogP contribution is 2.20. The average molecular weight is 264 g/mol. The lowest BCUT2D eigenvalue weighted by Gasteiger charge is -2.24. The van der Waals surface area contributed by atoms with Crippen LogP contribution in [-0.4, -0.2) is 32.7 Å². The van der Waals surface area contributed by atoms with Gasteiger partial charge in [-0.3, -0.25) is 4.79 Å². The van der Waals surface area contributed by atoms with Crippen molar-refractivity contribution in [1.29, 1.82) is 0 Å². The van der Waals surface area contributed by atoms with E-state index in [9.17, 15) is 4.79 Å². The molecule has 0 aliphatic rings. The van der Waals surface area contributed by atoms with E-state index in [0.29, 0.717) is 26.1 Å². The van der Waals surface area contributed by atoms with Crippen LogP contribution in [0.1, 0.15) is 24.8 Å². The molecule has 0 atom stereocenters. The molecule has 4 nitrogen and oxygen atoms in total. The SMILES string of the molecule is COCCCC(=O)N(CCCN)c1ccccc1C. The first-order valence-electron chi connectivity index (χ1n) is 6.75. The summed E-state index contributed by atoms with van der Waals surface area (Å²) in [7, 11) is 1.65. The minimum absolute atomic E-state index is 0.139. The molecule has 1 amide bonds. The molecule has 0 spiro atoms. The monoisotopic (exact) mass is 264 g/mol. The van der Waals surface area contributed by atoms with E-state index in [-0.39, 0.29) is 5.91 Å².